The molecule has 3 rings (SSSR count). The number of fused-ring (bicyclic) bond motifs is 1. The van der Waals surface area contributed by atoms with Gasteiger partial charge < -0.3 is 9.47 Å². The third-order valence-corrected chi connectivity index (χ3v) is 5.91. The molecule has 0 aromatic heterocycles. The fourth-order valence-electron chi connectivity index (χ4n) is 3.09. The molecule has 0 radical (unpaired) electrons. The van der Waals surface area contributed by atoms with Crippen LogP contribution in [-0.2, 0) is 10.0 Å². The number of nitrogens with zero attached hydrogens (tertiary/aromatic N) is 1. The molecule has 0 saturated carbocycles. The van der Waals surface area contributed by atoms with Crippen molar-refractivity contribution in [2.75, 3.05) is 32.8 Å². The summed E-state index contributed by atoms with van der Waals surface area (Å²) in [7, 11) is -3.52. The van der Waals surface area contributed by atoms with Crippen molar-refractivity contribution in [3.8, 4) is 11.5 Å². The summed E-state index contributed by atoms with van der Waals surface area (Å²) in [4.78, 5) is 2.56. The highest BCUT2D eigenvalue weighted by molar-refractivity contribution is 7.89. The van der Waals surface area contributed by atoms with E-state index >= 15 is 0 Å². The van der Waals surface area contributed by atoms with Crippen LogP contribution >= 0.6 is 0 Å². The number of likely N-dealkylation sites (tertiary alicyclic amines) is 1. The predicted molar refractivity (Wildman–Crippen MR) is 87.5 cm³/mol. The van der Waals surface area contributed by atoms with Gasteiger partial charge in [-0.3, -0.25) is 4.90 Å². The molecule has 1 aromatic carbocycles. The van der Waals surface area contributed by atoms with Crippen LogP contribution in [0.5, 0.6) is 11.5 Å². The maximum absolute atomic E-state index is 12.4. The molecule has 2 heterocycles. The highest BCUT2D eigenvalue weighted by Crippen LogP contribution is 2.32. The van der Waals surface area contributed by atoms with Crippen LogP contribution in [0.2, 0.25) is 0 Å². The summed E-state index contributed by atoms with van der Waals surface area (Å²) in [5.74, 6) is 1.08. The second-order valence-corrected chi connectivity index (χ2v) is 7.85. The van der Waals surface area contributed by atoms with Gasteiger partial charge >= 0.3 is 0 Å². The van der Waals surface area contributed by atoms with Crippen LogP contribution in [0.3, 0.4) is 0 Å². The Hall–Kier alpha value is -1.31. The zero-order valence-corrected chi connectivity index (χ0v) is 14.3. The molecule has 0 bridgehead atoms. The largest absolute Gasteiger partial charge is 0.486 e. The molecular formula is C16H24N2O4S. The minimum absolute atomic E-state index is 0.216. The maximum atomic E-state index is 12.4. The van der Waals surface area contributed by atoms with Gasteiger partial charge in [-0.2, -0.15) is 0 Å². The molecule has 0 aliphatic carbocycles. The molecule has 0 spiro atoms. The van der Waals surface area contributed by atoms with E-state index in [1.807, 2.05) is 0 Å². The molecule has 1 aromatic rings. The van der Waals surface area contributed by atoms with Crippen LogP contribution in [0.4, 0.5) is 0 Å². The summed E-state index contributed by atoms with van der Waals surface area (Å²) in [6.07, 6.45) is 3.65. The quantitative estimate of drug-likeness (QED) is 0.882. The van der Waals surface area contributed by atoms with E-state index < -0.39 is 10.0 Å². The molecule has 1 saturated heterocycles. The number of rotatable bonds is 5. The van der Waals surface area contributed by atoms with Crippen LogP contribution in [-0.4, -0.2) is 52.2 Å². The maximum Gasteiger partial charge on any atom is 0.240 e. The van der Waals surface area contributed by atoms with Crippen molar-refractivity contribution in [2.45, 2.75) is 37.1 Å². The Labute approximate surface area is 137 Å². The second-order valence-electron chi connectivity index (χ2n) is 6.08. The number of hydrogen-bond donors (Lipinski definition) is 1. The van der Waals surface area contributed by atoms with Gasteiger partial charge in [0.15, 0.2) is 11.5 Å². The molecule has 1 fully saturated rings. The molecule has 1 unspecified atom stereocenters. The number of nitrogens with one attached hydrogen (secondary N) is 1. The van der Waals surface area contributed by atoms with Gasteiger partial charge in [-0.1, -0.05) is 6.42 Å². The van der Waals surface area contributed by atoms with Gasteiger partial charge in [-0.05, 0) is 38.4 Å². The second kappa shape index (κ2) is 7.07. The van der Waals surface area contributed by atoms with Crippen LogP contribution in [0, 0.1) is 0 Å². The highest BCUT2D eigenvalue weighted by Gasteiger charge is 2.21. The first-order valence-corrected chi connectivity index (χ1v) is 9.68. The van der Waals surface area contributed by atoms with E-state index in [1.165, 1.54) is 25.3 Å². The van der Waals surface area contributed by atoms with Crippen molar-refractivity contribution in [1.29, 1.82) is 0 Å². The first kappa shape index (κ1) is 16.5. The highest BCUT2D eigenvalue weighted by atomic mass is 32.2. The lowest BCUT2D eigenvalue weighted by Gasteiger charge is -2.33. The Bertz CT molecular complexity index is 647. The molecule has 7 heteroatoms. The van der Waals surface area contributed by atoms with Crippen molar-refractivity contribution in [1.82, 2.24) is 9.62 Å². The van der Waals surface area contributed by atoms with Crippen LogP contribution in [0.25, 0.3) is 0 Å². The molecule has 1 N–H and O–H groups in total. The molecule has 128 valence electrons. The van der Waals surface area contributed by atoms with Gasteiger partial charge in [0, 0.05) is 25.2 Å². The van der Waals surface area contributed by atoms with Crippen LogP contribution in [0.15, 0.2) is 23.1 Å². The third-order valence-electron chi connectivity index (χ3n) is 4.46. The minimum atomic E-state index is -3.52. The van der Waals surface area contributed by atoms with E-state index in [2.05, 4.69) is 16.5 Å². The van der Waals surface area contributed by atoms with Crippen molar-refractivity contribution in [3.63, 3.8) is 0 Å². The van der Waals surface area contributed by atoms with Gasteiger partial charge in [0.05, 0.1) is 4.90 Å². The normalized spacial score (nSPS) is 22.0. The summed E-state index contributed by atoms with van der Waals surface area (Å²) in [5.41, 5.74) is 0. The number of sulfonamides is 1. The van der Waals surface area contributed by atoms with Crippen molar-refractivity contribution in [2.24, 2.45) is 0 Å². The topological polar surface area (TPSA) is 67.9 Å². The van der Waals surface area contributed by atoms with Crippen molar-refractivity contribution < 1.29 is 17.9 Å². The fourth-order valence-corrected chi connectivity index (χ4v) is 4.12. The SMILES string of the molecule is CC1CCCCN1CCNS(=O)(=O)c1ccc2c(c1)OCCO2. The molecule has 1 atom stereocenters. The Morgan fingerprint density at radius 3 is 2.78 bits per heavy atom. The first-order valence-electron chi connectivity index (χ1n) is 8.20. The van der Waals surface area contributed by atoms with Crippen LogP contribution in [0.1, 0.15) is 26.2 Å². The monoisotopic (exact) mass is 340 g/mol. The van der Waals surface area contributed by atoms with Gasteiger partial charge in [0.25, 0.3) is 0 Å². The van der Waals surface area contributed by atoms with Crippen molar-refractivity contribution in [3.05, 3.63) is 18.2 Å². The zero-order valence-electron chi connectivity index (χ0n) is 13.5. The lowest BCUT2D eigenvalue weighted by atomic mass is 10.0. The predicted octanol–water partition coefficient (Wildman–Crippen LogP) is 1.61. The van der Waals surface area contributed by atoms with E-state index in [1.54, 1.807) is 12.1 Å². The molecule has 23 heavy (non-hydrogen) atoms. The Kier molecular flexibility index (Phi) is 5.08. The van der Waals surface area contributed by atoms with Gasteiger partial charge in [-0.15, -0.1) is 0 Å². The number of ether oxygens (including phenoxy) is 2. The summed E-state index contributed by atoms with van der Waals surface area (Å²) in [6, 6.07) is 5.26. The number of hydrogen-bond acceptors (Lipinski definition) is 5. The Morgan fingerprint density at radius 2 is 2.00 bits per heavy atom. The third kappa shape index (κ3) is 3.97. The molecule has 6 nitrogen and oxygen atoms in total. The van der Waals surface area contributed by atoms with E-state index in [-0.39, 0.29) is 4.90 Å². The summed E-state index contributed by atoms with van der Waals surface area (Å²) in [6.45, 7) is 5.34. The minimum Gasteiger partial charge on any atom is -0.486 e. The molecule has 2 aliphatic heterocycles. The Morgan fingerprint density at radius 1 is 1.22 bits per heavy atom. The average Bonchev–Trinajstić information content (AvgIpc) is 2.56. The Balaban J connectivity index is 1.60. The van der Waals surface area contributed by atoms with Crippen LogP contribution < -0.4 is 14.2 Å². The van der Waals surface area contributed by atoms with Gasteiger partial charge in [-0.25, -0.2) is 13.1 Å². The lowest BCUT2D eigenvalue weighted by Crippen LogP contribution is -2.42. The lowest BCUT2D eigenvalue weighted by molar-refractivity contribution is 0.164. The standard InChI is InChI=1S/C16H24N2O4S/c1-13-4-2-3-8-18(13)9-7-17-23(19,20)14-5-6-15-16(12-14)22-11-10-21-15/h5-6,12-13,17H,2-4,7-11H2,1H3. The van der Waals surface area contributed by atoms with E-state index in [0.717, 1.165) is 13.1 Å². The van der Waals surface area contributed by atoms with E-state index in [4.69, 9.17) is 9.47 Å². The van der Waals surface area contributed by atoms with Gasteiger partial charge in [0.2, 0.25) is 10.0 Å². The average molecular weight is 340 g/mol. The molecule has 2 aliphatic rings. The fraction of sp³-hybridized carbons (Fsp3) is 0.625. The van der Waals surface area contributed by atoms with Gasteiger partial charge in [0.1, 0.15) is 13.2 Å². The summed E-state index contributed by atoms with van der Waals surface area (Å²) < 4.78 is 38.4. The summed E-state index contributed by atoms with van der Waals surface area (Å²) >= 11 is 0. The number of piperidine rings is 1. The van der Waals surface area contributed by atoms with E-state index in [0.29, 0.717) is 37.3 Å². The summed E-state index contributed by atoms with van der Waals surface area (Å²) in [5, 5.41) is 0. The van der Waals surface area contributed by atoms with E-state index in [9.17, 15) is 8.42 Å². The smallest absolute Gasteiger partial charge is 0.240 e. The zero-order chi connectivity index (χ0) is 16.3. The van der Waals surface area contributed by atoms with Crippen molar-refractivity contribution >= 4 is 10.0 Å². The molecular weight excluding hydrogens is 316 g/mol. The number of benzene rings is 1. The molecule has 0 amide bonds. The first-order chi connectivity index (χ1) is 11.1.